The van der Waals surface area contributed by atoms with Gasteiger partial charge in [0.15, 0.2) is 0 Å². The Kier molecular flexibility index (Phi) is 11.7. The summed E-state index contributed by atoms with van der Waals surface area (Å²) in [5, 5.41) is 3.17. The molecule has 4 rings (SSSR count). The highest BCUT2D eigenvalue weighted by molar-refractivity contribution is 7.92. The molecule has 236 valence electrons. The molecule has 0 bridgehead atoms. The van der Waals surface area contributed by atoms with Crippen molar-refractivity contribution in [2.45, 2.75) is 75.9 Å². The minimum Gasteiger partial charge on any atom is -0.497 e. The van der Waals surface area contributed by atoms with Gasteiger partial charge in [-0.25, -0.2) is 8.42 Å². The molecule has 44 heavy (non-hydrogen) atoms. The number of carbonyl (C=O) groups is 2. The number of benzene rings is 3. The number of amides is 2. The third-order valence-electron chi connectivity index (χ3n) is 7.87. The summed E-state index contributed by atoms with van der Waals surface area (Å²) in [6, 6.07) is 21.2. The van der Waals surface area contributed by atoms with Crippen LogP contribution >= 0.6 is 0 Å². The van der Waals surface area contributed by atoms with E-state index < -0.39 is 28.5 Å². The first-order valence-corrected chi connectivity index (χ1v) is 16.7. The predicted octanol–water partition coefficient (Wildman–Crippen LogP) is 5.55. The standard InChI is InChI=1S/C34H43N3O6S/c1-4-32(34(39)35-27-14-8-6-9-15-27)36(24-26-13-12-16-30(23-26)42-3)33(38)25-37(28-19-21-29(22-20-28)43-5-2)44(40,41)31-17-10-7-11-18-31/h7,10-13,16-23,27,32H,4-6,8-9,14-15,24-25H2,1-3H3,(H,35,39)/t32-/m1/s1. The number of nitrogens with zero attached hydrogens (tertiary/aromatic N) is 2. The lowest BCUT2D eigenvalue weighted by atomic mass is 9.95. The van der Waals surface area contributed by atoms with Crippen LogP contribution < -0.4 is 19.1 Å². The number of nitrogens with one attached hydrogen (secondary N) is 1. The minimum absolute atomic E-state index is 0.0584. The number of sulfonamides is 1. The van der Waals surface area contributed by atoms with E-state index in [1.165, 1.54) is 17.0 Å². The summed E-state index contributed by atoms with van der Waals surface area (Å²) >= 11 is 0. The summed E-state index contributed by atoms with van der Waals surface area (Å²) in [6.07, 6.45) is 5.45. The van der Waals surface area contributed by atoms with Crippen LogP contribution in [0.15, 0.2) is 83.8 Å². The fraction of sp³-hybridized carbons (Fsp3) is 0.412. The molecule has 1 N–H and O–H groups in total. The highest BCUT2D eigenvalue weighted by Gasteiger charge is 2.34. The van der Waals surface area contributed by atoms with E-state index >= 15 is 0 Å². The number of rotatable bonds is 14. The van der Waals surface area contributed by atoms with Crippen LogP contribution in [-0.2, 0) is 26.2 Å². The van der Waals surface area contributed by atoms with Crippen molar-refractivity contribution in [3.8, 4) is 11.5 Å². The van der Waals surface area contributed by atoms with E-state index in [-0.39, 0.29) is 23.4 Å². The maximum Gasteiger partial charge on any atom is 0.264 e. The highest BCUT2D eigenvalue weighted by atomic mass is 32.2. The molecule has 0 unspecified atom stereocenters. The highest BCUT2D eigenvalue weighted by Crippen LogP contribution is 2.27. The van der Waals surface area contributed by atoms with Gasteiger partial charge in [0.05, 0.1) is 24.3 Å². The molecule has 9 nitrogen and oxygen atoms in total. The number of carbonyl (C=O) groups excluding carboxylic acids is 2. The van der Waals surface area contributed by atoms with Crippen LogP contribution in [0.4, 0.5) is 5.69 Å². The van der Waals surface area contributed by atoms with Crippen molar-refractivity contribution in [2.24, 2.45) is 0 Å². The van der Waals surface area contributed by atoms with Gasteiger partial charge < -0.3 is 19.7 Å². The second kappa shape index (κ2) is 15.6. The molecule has 0 heterocycles. The third kappa shape index (κ3) is 8.31. The van der Waals surface area contributed by atoms with Crippen molar-refractivity contribution in [3.05, 3.63) is 84.4 Å². The Bertz CT molecular complexity index is 1470. The second-order valence-corrected chi connectivity index (χ2v) is 12.8. The average Bonchev–Trinajstić information content (AvgIpc) is 3.05. The van der Waals surface area contributed by atoms with Gasteiger partial charge >= 0.3 is 0 Å². The van der Waals surface area contributed by atoms with Crippen molar-refractivity contribution in [1.29, 1.82) is 0 Å². The molecule has 3 aromatic carbocycles. The molecule has 0 spiro atoms. The summed E-state index contributed by atoms with van der Waals surface area (Å²) in [7, 11) is -2.58. The Balaban J connectivity index is 1.70. The van der Waals surface area contributed by atoms with Crippen molar-refractivity contribution < 1.29 is 27.5 Å². The van der Waals surface area contributed by atoms with E-state index in [0.717, 1.165) is 42.0 Å². The lowest BCUT2D eigenvalue weighted by Crippen LogP contribution is -2.54. The summed E-state index contributed by atoms with van der Waals surface area (Å²) < 4.78 is 40.1. The zero-order valence-electron chi connectivity index (χ0n) is 25.8. The third-order valence-corrected chi connectivity index (χ3v) is 9.66. The predicted molar refractivity (Wildman–Crippen MR) is 171 cm³/mol. The molecular formula is C34H43N3O6S. The topological polar surface area (TPSA) is 105 Å². The summed E-state index contributed by atoms with van der Waals surface area (Å²) in [5.74, 6) is 0.489. The monoisotopic (exact) mass is 621 g/mol. The smallest absolute Gasteiger partial charge is 0.264 e. The van der Waals surface area contributed by atoms with Gasteiger partial charge in [-0.05, 0) is 80.3 Å². The maximum atomic E-state index is 14.3. The molecule has 0 saturated heterocycles. The van der Waals surface area contributed by atoms with Gasteiger partial charge in [-0.3, -0.25) is 13.9 Å². The van der Waals surface area contributed by atoms with Gasteiger partial charge in [0.2, 0.25) is 11.8 Å². The lowest BCUT2D eigenvalue weighted by molar-refractivity contribution is -0.140. The van der Waals surface area contributed by atoms with Crippen molar-refractivity contribution in [3.63, 3.8) is 0 Å². The van der Waals surface area contributed by atoms with Gasteiger partial charge in [-0.2, -0.15) is 0 Å². The summed E-state index contributed by atoms with van der Waals surface area (Å²) in [6.45, 7) is 3.80. The van der Waals surface area contributed by atoms with Crippen molar-refractivity contribution in [1.82, 2.24) is 10.2 Å². The van der Waals surface area contributed by atoms with Crippen molar-refractivity contribution >= 4 is 27.5 Å². The first-order chi connectivity index (χ1) is 21.3. The van der Waals surface area contributed by atoms with Crippen LogP contribution in [0.1, 0.15) is 57.9 Å². The molecule has 1 fully saturated rings. The van der Waals surface area contributed by atoms with Gasteiger partial charge in [0, 0.05) is 12.6 Å². The first-order valence-electron chi connectivity index (χ1n) is 15.3. The van der Waals surface area contributed by atoms with E-state index in [0.29, 0.717) is 30.2 Å². The molecule has 1 aliphatic rings. The van der Waals surface area contributed by atoms with E-state index in [2.05, 4.69) is 5.32 Å². The molecule has 3 aromatic rings. The lowest BCUT2D eigenvalue weighted by Gasteiger charge is -2.34. The molecule has 0 radical (unpaired) electrons. The van der Waals surface area contributed by atoms with E-state index in [1.807, 2.05) is 38.1 Å². The van der Waals surface area contributed by atoms with Crippen LogP contribution in [0.3, 0.4) is 0 Å². The van der Waals surface area contributed by atoms with Crippen molar-refractivity contribution in [2.75, 3.05) is 24.6 Å². The molecular weight excluding hydrogens is 578 g/mol. The first kappa shape index (κ1) is 32.9. The number of hydrogen-bond donors (Lipinski definition) is 1. The van der Waals surface area contributed by atoms with E-state index in [9.17, 15) is 18.0 Å². The summed E-state index contributed by atoms with van der Waals surface area (Å²) in [4.78, 5) is 29.6. The molecule has 1 atom stereocenters. The molecule has 1 aliphatic carbocycles. The molecule has 2 amide bonds. The largest absolute Gasteiger partial charge is 0.497 e. The van der Waals surface area contributed by atoms with Gasteiger partial charge in [0.25, 0.3) is 10.0 Å². The molecule has 0 aromatic heterocycles. The Morgan fingerprint density at radius 3 is 2.25 bits per heavy atom. The Morgan fingerprint density at radius 2 is 1.61 bits per heavy atom. The SMILES string of the molecule is CCOc1ccc(N(CC(=O)N(Cc2cccc(OC)c2)[C@H](CC)C(=O)NC2CCCCC2)S(=O)(=O)c2ccccc2)cc1. The minimum atomic E-state index is -4.14. The second-order valence-electron chi connectivity index (χ2n) is 10.9. The van der Waals surface area contributed by atoms with Gasteiger partial charge in [0.1, 0.15) is 24.1 Å². The van der Waals surface area contributed by atoms with Crippen LogP contribution in [-0.4, -0.2) is 57.5 Å². The number of hydrogen-bond acceptors (Lipinski definition) is 6. The number of methoxy groups -OCH3 is 1. The van der Waals surface area contributed by atoms with Gasteiger partial charge in [-0.1, -0.05) is 56.5 Å². The van der Waals surface area contributed by atoms with E-state index in [4.69, 9.17) is 9.47 Å². The number of ether oxygens (including phenoxy) is 2. The van der Waals surface area contributed by atoms with Crippen LogP contribution in [0.5, 0.6) is 11.5 Å². The Morgan fingerprint density at radius 1 is 0.909 bits per heavy atom. The van der Waals surface area contributed by atoms with E-state index in [1.54, 1.807) is 49.6 Å². The van der Waals surface area contributed by atoms with Gasteiger partial charge in [-0.15, -0.1) is 0 Å². The fourth-order valence-corrected chi connectivity index (χ4v) is 6.99. The average molecular weight is 622 g/mol. The quantitative estimate of drug-likeness (QED) is 0.253. The van der Waals surface area contributed by atoms with Crippen LogP contribution in [0.25, 0.3) is 0 Å². The zero-order chi connectivity index (χ0) is 31.5. The fourth-order valence-electron chi connectivity index (χ4n) is 5.56. The zero-order valence-corrected chi connectivity index (χ0v) is 26.6. The maximum absolute atomic E-state index is 14.3. The summed E-state index contributed by atoms with van der Waals surface area (Å²) in [5.41, 5.74) is 1.08. The number of anilines is 1. The molecule has 1 saturated carbocycles. The molecule has 0 aliphatic heterocycles. The van der Waals surface area contributed by atoms with Crippen LogP contribution in [0, 0.1) is 0 Å². The Hall–Kier alpha value is -4.05. The van der Waals surface area contributed by atoms with Crippen LogP contribution in [0.2, 0.25) is 0 Å². The Labute approximate surface area is 261 Å². The normalized spacial score (nSPS) is 14.3. The molecule has 10 heteroatoms.